The minimum Gasteiger partial charge on any atom is -0.452 e. The van der Waals surface area contributed by atoms with Crippen LogP contribution in [0.4, 0.5) is 5.69 Å². The Morgan fingerprint density at radius 1 is 1.22 bits per heavy atom. The molecule has 0 aliphatic carbocycles. The van der Waals surface area contributed by atoms with E-state index in [4.69, 9.17) is 27.9 Å². The Morgan fingerprint density at radius 2 is 1.96 bits per heavy atom. The molecule has 2 aromatic rings. The average Bonchev–Trinajstić information content (AvgIpc) is 2.51. The summed E-state index contributed by atoms with van der Waals surface area (Å²) in [5.41, 5.74) is 0.0325. The number of amides is 1. The lowest BCUT2D eigenvalue weighted by Crippen LogP contribution is -2.22. The predicted molar refractivity (Wildman–Crippen MR) is 87.1 cm³/mol. The fourth-order valence-electron chi connectivity index (χ4n) is 1.67. The molecule has 0 aliphatic heterocycles. The molecule has 1 aromatic heterocycles. The zero-order valence-corrected chi connectivity index (χ0v) is 13.5. The van der Waals surface area contributed by atoms with Crippen LogP contribution >= 0.6 is 23.2 Å². The van der Waals surface area contributed by atoms with Gasteiger partial charge in [-0.15, -0.1) is 0 Å². The van der Waals surface area contributed by atoms with Gasteiger partial charge in [0.2, 0.25) is 0 Å². The Hall–Kier alpha value is -2.31. The van der Waals surface area contributed by atoms with Crippen molar-refractivity contribution in [2.24, 2.45) is 7.05 Å². The number of aryl methyl sites for hydroxylation is 1. The van der Waals surface area contributed by atoms with Gasteiger partial charge in [-0.05, 0) is 24.3 Å². The molecule has 1 N–H and O–H groups in total. The molecule has 0 saturated heterocycles. The molecular formula is C15H12Cl2N2O4. The molecule has 0 saturated carbocycles. The number of hydrogen-bond donors (Lipinski definition) is 1. The maximum atomic E-state index is 11.8. The molecule has 0 bridgehead atoms. The summed E-state index contributed by atoms with van der Waals surface area (Å²) in [7, 11) is 1.56. The van der Waals surface area contributed by atoms with E-state index in [1.807, 2.05) is 0 Å². The molecule has 1 aromatic carbocycles. The summed E-state index contributed by atoms with van der Waals surface area (Å²) in [6.45, 7) is -0.517. The van der Waals surface area contributed by atoms with Gasteiger partial charge in [-0.1, -0.05) is 23.2 Å². The van der Waals surface area contributed by atoms with Crippen LogP contribution in [0.1, 0.15) is 10.4 Å². The van der Waals surface area contributed by atoms with E-state index in [1.54, 1.807) is 13.1 Å². The predicted octanol–water partition coefficient (Wildman–Crippen LogP) is 2.49. The fraction of sp³-hybridized carbons (Fsp3) is 0.133. The van der Waals surface area contributed by atoms with Crippen molar-refractivity contribution in [2.45, 2.75) is 0 Å². The van der Waals surface area contributed by atoms with Gasteiger partial charge in [0.15, 0.2) is 6.61 Å². The second kappa shape index (κ2) is 7.30. The number of carbonyl (C=O) groups excluding carboxylic acids is 2. The second-order valence-electron chi connectivity index (χ2n) is 4.61. The van der Waals surface area contributed by atoms with Crippen LogP contribution in [0.3, 0.4) is 0 Å². The number of anilines is 1. The van der Waals surface area contributed by atoms with E-state index in [1.165, 1.54) is 29.0 Å². The number of esters is 1. The Morgan fingerprint density at radius 3 is 2.65 bits per heavy atom. The second-order valence-corrected chi connectivity index (χ2v) is 5.46. The van der Waals surface area contributed by atoms with Crippen molar-refractivity contribution in [2.75, 3.05) is 11.9 Å². The molecular weight excluding hydrogens is 343 g/mol. The standard InChI is InChI=1S/C15H12Cl2N2O4/c1-19-5-4-9(6-14(19)21)15(22)23-8-13(20)18-12-7-10(16)2-3-11(12)17/h2-7H,8H2,1H3,(H,18,20). The third kappa shape index (κ3) is 4.58. The number of ether oxygens (including phenoxy) is 1. The minimum absolute atomic E-state index is 0.0710. The van der Waals surface area contributed by atoms with Crippen LogP contribution in [0.15, 0.2) is 41.3 Å². The zero-order chi connectivity index (χ0) is 17.0. The summed E-state index contributed by atoms with van der Waals surface area (Å²) in [4.78, 5) is 35.0. The summed E-state index contributed by atoms with van der Waals surface area (Å²) in [5.74, 6) is -1.35. The first kappa shape index (κ1) is 17.1. The molecule has 6 nitrogen and oxygen atoms in total. The number of pyridine rings is 1. The van der Waals surface area contributed by atoms with E-state index in [0.29, 0.717) is 15.7 Å². The van der Waals surface area contributed by atoms with Crippen LogP contribution < -0.4 is 10.9 Å². The highest BCUT2D eigenvalue weighted by Crippen LogP contribution is 2.25. The van der Waals surface area contributed by atoms with E-state index < -0.39 is 18.5 Å². The molecule has 23 heavy (non-hydrogen) atoms. The number of aromatic nitrogens is 1. The number of nitrogens with one attached hydrogen (secondary N) is 1. The summed E-state index contributed by atoms with van der Waals surface area (Å²) in [6, 6.07) is 7.15. The third-order valence-electron chi connectivity index (χ3n) is 2.88. The largest absolute Gasteiger partial charge is 0.452 e. The van der Waals surface area contributed by atoms with Crippen molar-refractivity contribution in [3.63, 3.8) is 0 Å². The molecule has 0 radical (unpaired) electrons. The number of carbonyl (C=O) groups is 2. The number of rotatable bonds is 4. The average molecular weight is 355 g/mol. The van der Waals surface area contributed by atoms with Gasteiger partial charge < -0.3 is 14.6 Å². The van der Waals surface area contributed by atoms with Gasteiger partial charge in [0, 0.05) is 24.3 Å². The lowest BCUT2D eigenvalue weighted by Gasteiger charge is -2.08. The molecule has 0 spiro atoms. The van der Waals surface area contributed by atoms with E-state index >= 15 is 0 Å². The van der Waals surface area contributed by atoms with Gasteiger partial charge in [-0.25, -0.2) is 4.79 Å². The summed E-state index contributed by atoms with van der Waals surface area (Å²) in [5, 5.41) is 3.19. The van der Waals surface area contributed by atoms with Gasteiger partial charge in [0.25, 0.3) is 11.5 Å². The van der Waals surface area contributed by atoms with E-state index in [0.717, 1.165) is 6.07 Å². The number of halogens is 2. The molecule has 8 heteroatoms. The van der Waals surface area contributed by atoms with Gasteiger partial charge in [-0.2, -0.15) is 0 Å². The molecule has 0 unspecified atom stereocenters. The van der Waals surface area contributed by atoms with Crippen LogP contribution in [0, 0.1) is 0 Å². The smallest absolute Gasteiger partial charge is 0.338 e. The zero-order valence-electron chi connectivity index (χ0n) is 12.0. The number of nitrogens with zero attached hydrogens (tertiary/aromatic N) is 1. The monoisotopic (exact) mass is 354 g/mol. The van der Waals surface area contributed by atoms with Crippen LogP contribution in [0.2, 0.25) is 10.0 Å². The van der Waals surface area contributed by atoms with Crippen LogP contribution in [0.25, 0.3) is 0 Å². The summed E-state index contributed by atoms with van der Waals surface area (Å²) in [6.07, 6.45) is 1.44. The Kier molecular flexibility index (Phi) is 5.41. The van der Waals surface area contributed by atoms with Crippen molar-refractivity contribution < 1.29 is 14.3 Å². The molecule has 0 atom stereocenters. The van der Waals surface area contributed by atoms with Gasteiger partial charge in [0.05, 0.1) is 16.3 Å². The van der Waals surface area contributed by atoms with E-state index in [9.17, 15) is 14.4 Å². The van der Waals surface area contributed by atoms with Gasteiger partial charge >= 0.3 is 5.97 Å². The van der Waals surface area contributed by atoms with Crippen LogP contribution in [-0.2, 0) is 16.6 Å². The van der Waals surface area contributed by atoms with Crippen LogP contribution in [0.5, 0.6) is 0 Å². The lowest BCUT2D eigenvalue weighted by molar-refractivity contribution is -0.119. The summed E-state index contributed by atoms with van der Waals surface area (Å²) < 4.78 is 6.16. The van der Waals surface area contributed by atoms with Crippen molar-refractivity contribution in [1.29, 1.82) is 0 Å². The SMILES string of the molecule is Cn1ccc(C(=O)OCC(=O)Nc2cc(Cl)ccc2Cl)cc1=O. The molecule has 2 rings (SSSR count). The third-order valence-corrected chi connectivity index (χ3v) is 3.44. The topological polar surface area (TPSA) is 77.4 Å². The van der Waals surface area contributed by atoms with Crippen molar-refractivity contribution in [3.8, 4) is 0 Å². The Balaban J connectivity index is 1.96. The maximum absolute atomic E-state index is 11.8. The van der Waals surface area contributed by atoms with E-state index in [2.05, 4.69) is 5.32 Å². The molecule has 1 heterocycles. The molecule has 0 aliphatic rings. The quantitative estimate of drug-likeness (QED) is 0.855. The first-order chi connectivity index (χ1) is 10.9. The molecule has 0 fully saturated rings. The lowest BCUT2D eigenvalue weighted by atomic mass is 10.3. The van der Waals surface area contributed by atoms with Crippen molar-refractivity contribution in [3.05, 3.63) is 62.5 Å². The highest BCUT2D eigenvalue weighted by Gasteiger charge is 2.12. The molecule has 120 valence electrons. The highest BCUT2D eigenvalue weighted by molar-refractivity contribution is 6.35. The van der Waals surface area contributed by atoms with Gasteiger partial charge in [-0.3, -0.25) is 9.59 Å². The maximum Gasteiger partial charge on any atom is 0.338 e. The van der Waals surface area contributed by atoms with Gasteiger partial charge in [0.1, 0.15) is 0 Å². The van der Waals surface area contributed by atoms with Crippen molar-refractivity contribution in [1.82, 2.24) is 4.57 Å². The summed E-state index contributed by atoms with van der Waals surface area (Å²) >= 11 is 11.7. The van der Waals surface area contributed by atoms with Crippen molar-refractivity contribution >= 4 is 40.8 Å². The van der Waals surface area contributed by atoms with E-state index in [-0.39, 0.29) is 11.1 Å². The first-order valence-electron chi connectivity index (χ1n) is 6.45. The number of benzene rings is 1. The minimum atomic E-state index is -0.768. The highest BCUT2D eigenvalue weighted by atomic mass is 35.5. The normalized spacial score (nSPS) is 10.2. The first-order valence-corrected chi connectivity index (χ1v) is 7.21. The Bertz CT molecular complexity index is 817. The molecule has 1 amide bonds. The number of hydrogen-bond acceptors (Lipinski definition) is 4. The Labute approximate surface area is 141 Å². The fourth-order valence-corrected chi connectivity index (χ4v) is 2.01. The van der Waals surface area contributed by atoms with Crippen LogP contribution in [-0.4, -0.2) is 23.1 Å².